The van der Waals surface area contributed by atoms with Crippen LogP contribution in [0.5, 0.6) is 5.75 Å². The molecule has 0 saturated heterocycles. The molecular formula is C18H18FNO. The number of hydrogen-bond donors (Lipinski definition) is 0. The fourth-order valence-corrected chi connectivity index (χ4v) is 2.17. The molecule has 1 atom stereocenters. The summed E-state index contributed by atoms with van der Waals surface area (Å²) >= 11 is 0. The molecule has 0 heterocycles. The van der Waals surface area contributed by atoms with Crippen molar-refractivity contribution in [2.75, 3.05) is 6.61 Å². The smallest absolute Gasteiger partial charge is 0.123 e. The van der Waals surface area contributed by atoms with E-state index in [9.17, 15) is 9.65 Å². The SMILES string of the molecule is Cc1cccc(OCCC(C#N)c2ccc(F)cc2)c1C. The lowest BCUT2D eigenvalue weighted by atomic mass is 9.98. The quantitative estimate of drug-likeness (QED) is 0.808. The van der Waals surface area contributed by atoms with Gasteiger partial charge in [0.1, 0.15) is 11.6 Å². The van der Waals surface area contributed by atoms with Crippen molar-refractivity contribution < 1.29 is 9.13 Å². The first-order valence-electron chi connectivity index (χ1n) is 6.96. The molecule has 1 unspecified atom stereocenters. The number of halogens is 1. The normalized spacial score (nSPS) is 11.7. The van der Waals surface area contributed by atoms with Crippen molar-refractivity contribution in [2.24, 2.45) is 0 Å². The highest BCUT2D eigenvalue weighted by Crippen LogP contribution is 2.23. The van der Waals surface area contributed by atoms with Crippen LogP contribution < -0.4 is 4.74 Å². The summed E-state index contributed by atoms with van der Waals surface area (Å²) in [5.41, 5.74) is 3.12. The fourth-order valence-electron chi connectivity index (χ4n) is 2.17. The van der Waals surface area contributed by atoms with Gasteiger partial charge in [-0.1, -0.05) is 24.3 Å². The summed E-state index contributed by atoms with van der Waals surface area (Å²) in [7, 11) is 0. The van der Waals surface area contributed by atoms with Crippen molar-refractivity contribution >= 4 is 0 Å². The van der Waals surface area contributed by atoms with E-state index in [1.807, 2.05) is 32.0 Å². The van der Waals surface area contributed by atoms with Gasteiger partial charge in [-0.05, 0) is 48.7 Å². The minimum absolute atomic E-state index is 0.282. The number of aryl methyl sites for hydroxylation is 1. The molecule has 0 aromatic heterocycles. The number of ether oxygens (including phenoxy) is 1. The van der Waals surface area contributed by atoms with Gasteiger partial charge < -0.3 is 4.74 Å². The standard InChI is InChI=1S/C18H18FNO/c1-13-4-3-5-18(14(13)2)21-11-10-16(12-20)15-6-8-17(19)9-7-15/h3-9,16H,10-11H2,1-2H3. The van der Waals surface area contributed by atoms with Crippen LogP contribution in [0.2, 0.25) is 0 Å². The van der Waals surface area contributed by atoms with E-state index in [2.05, 4.69) is 6.07 Å². The lowest BCUT2D eigenvalue weighted by Crippen LogP contribution is -2.05. The van der Waals surface area contributed by atoms with Gasteiger partial charge in [-0.3, -0.25) is 0 Å². The third-order valence-corrected chi connectivity index (χ3v) is 3.65. The van der Waals surface area contributed by atoms with Crippen molar-refractivity contribution in [1.29, 1.82) is 5.26 Å². The van der Waals surface area contributed by atoms with E-state index >= 15 is 0 Å². The minimum Gasteiger partial charge on any atom is -0.493 e. The Morgan fingerprint density at radius 1 is 1.14 bits per heavy atom. The second-order valence-corrected chi connectivity index (χ2v) is 5.07. The van der Waals surface area contributed by atoms with Gasteiger partial charge in [-0.2, -0.15) is 5.26 Å². The van der Waals surface area contributed by atoms with Crippen LogP contribution in [0.4, 0.5) is 4.39 Å². The fraction of sp³-hybridized carbons (Fsp3) is 0.278. The van der Waals surface area contributed by atoms with Gasteiger partial charge in [0.15, 0.2) is 0 Å². The Balaban J connectivity index is 1.97. The highest BCUT2D eigenvalue weighted by atomic mass is 19.1. The molecule has 0 N–H and O–H groups in total. The average molecular weight is 283 g/mol. The summed E-state index contributed by atoms with van der Waals surface area (Å²) in [6.45, 7) is 4.52. The van der Waals surface area contributed by atoms with Crippen molar-refractivity contribution in [2.45, 2.75) is 26.2 Å². The second-order valence-electron chi connectivity index (χ2n) is 5.07. The summed E-state index contributed by atoms with van der Waals surface area (Å²) < 4.78 is 18.7. The Kier molecular flexibility index (Phi) is 4.94. The van der Waals surface area contributed by atoms with Crippen LogP contribution in [0.1, 0.15) is 29.0 Å². The average Bonchev–Trinajstić information content (AvgIpc) is 2.49. The number of benzene rings is 2. The predicted octanol–water partition coefficient (Wildman–Crippen LogP) is 4.52. The Labute approximate surface area is 124 Å². The largest absolute Gasteiger partial charge is 0.493 e. The maximum absolute atomic E-state index is 12.9. The van der Waals surface area contributed by atoms with Gasteiger partial charge in [0.25, 0.3) is 0 Å². The molecule has 0 aliphatic heterocycles. The maximum atomic E-state index is 12.9. The van der Waals surface area contributed by atoms with Crippen LogP contribution >= 0.6 is 0 Å². The van der Waals surface area contributed by atoms with Gasteiger partial charge >= 0.3 is 0 Å². The first-order valence-corrected chi connectivity index (χ1v) is 6.96. The van der Waals surface area contributed by atoms with E-state index in [4.69, 9.17) is 4.74 Å². The zero-order valence-electron chi connectivity index (χ0n) is 12.3. The van der Waals surface area contributed by atoms with Crippen molar-refractivity contribution in [3.05, 3.63) is 65.0 Å². The Hall–Kier alpha value is -2.34. The number of hydrogen-bond acceptors (Lipinski definition) is 2. The van der Waals surface area contributed by atoms with E-state index in [1.165, 1.54) is 17.7 Å². The first kappa shape index (κ1) is 15.1. The summed E-state index contributed by atoms with van der Waals surface area (Å²) in [6.07, 6.45) is 0.579. The third-order valence-electron chi connectivity index (χ3n) is 3.65. The second kappa shape index (κ2) is 6.90. The molecule has 0 radical (unpaired) electrons. The predicted molar refractivity (Wildman–Crippen MR) is 80.8 cm³/mol. The van der Waals surface area contributed by atoms with Crippen LogP contribution in [0.25, 0.3) is 0 Å². The number of rotatable bonds is 5. The van der Waals surface area contributed by atoms with Crippen LogP contribution in [0, 0.1) is 31.0 Å². The van der Waals surface area contributed by atoms with Gasteiger partial charge in [-0.25, -0.2) is 4.39 Å². The highest BCUT2D eigenvalue weighted by molar-refractivity contribution is 5.38. The Morgan fingerprint density at radius 2 is 1.86 bits per heavy atom. The van der Waals surface area contributed by atoms with E-state index in [0.717, 1.165) is 16.9 Å². The van der Waals surface area contributed by atoms with E-state index in [1.54, 1.807) is 12.1 Å². The lowest BCUT2D eigenvalue weighted by Gasteiger charge is -2.13. The molecule has 0 bridgehead atoms. The zero-order chi connectivity index (χ0) is 15.2. The molecule has 2 nitrogen and oxygen atoms in total. The summed E-state index contributed by atoms with van der Waals surface area (Å²) in [5.74, 6) is 0.281. The number of nitriles is 1. The van der Waals surface area contributed by atoms with Gasteiger partial charge in [0, 0.05) is 6.42 Å². The van der Waals surface area contributed by atoms with Gasteiger partial charge in [0.05, 0.1) is 18.6 Å². The summed E-state index contributed by atoms with van der Waals surface area (Å²) in [6, 6.07) is 14.2. The Bertz CT molecular complexity index is 643. The molecule has 0 aliphatic rings. The molecule has 108 valence electrons. The minimum atomic E-state index is -0.290. The van der Waals surface area contributed by atoms with Crippen LogP contribution in [0.15, 0.2) is 42.5 Å². The number of nitrogens with zero attached hydrogens (tertiary/aromatic N) is 1. The monoisotopic (exact) mass is 283 g/mol. The lowest BCUT2D eigenvalue weighted by molar-refractivity contribution is 0.304. The topological polar surface area (TPSA) is 33.0 Å². The summed E-state index contributed by atoms with van der Waals surface area (Å²) in [5, 5.41) is 9.25. The van der Waals surface area contributed by atoms with E-state index < -0.39 is 0 Å². The third kappa shape index (κ3) is 3.82. The molecule has 0 amide bonds. The molecule has 0 spiro atoms. The van der Waals surface area contributed by atoms with Crippen molar-refractivity contribution in [1.82, 2.24) is 0 Å². The molecule has 0 saturated carbocycles. The van der Waals surface area contributed by atoms with Crippen molar-refractivity contribution in [3.8, 4) is 11.8 Å². The molecule has 2 aromatic rings. The zero-order valence-corrected chi connectivity index (χ0v) is 12.3. The molecular weight excluding hydrogens is 265 g/mol. The van der Waals surface area contributed by atoms with Crippen molar-refractivity contribution in [3.63, 3.8) is 0 Å². The highest BCUT2D eigenvalue weighted by Gasteiger charge is 2.11. The van der Waals surface area contributed by atoms with Crippen LogP contribution in [0.3, 0.4) is 0 Å². The molecule has 21 heavy (non-hydrogen) atoms. The molecule has 2 aromatic carbocycles. The Morgan fingerprint density at radius 3 is 2.52 bits per heavy atom. The maximum Gasteiger partial charge on any atom is 0.123 e. The van der Waals surface area contributed by atoms with Gasteiger partial charge in [-0.15, -0.1) is 0 Å². The van der Waals surface area contributed by atoms with Crippen LogP contribution in [-0.4, -0.2) is 6.61 Å². The molecule has 2 rings (SSSR count). The molecule has 0 aliphatic carbocycles. The van der Waals surface area contributed by atoms with Gasteiger partial charge in [0.2, 0.25) is 0 Å². The van der Waals surface area contributed by atoms with Crippen LogP contribution in [-0.2, 0) is 0 Å². The van der Waals surface area contributed by atoms with E-state index in [0.29, 0.717) is 13.0 Å². The molecule has 0 fully saturated rings. The first-order chi connectivity index (χ1) is 10.1. The molecule has 3 heteroatoms. The summed E-state index contributed by atoms with van der Waals surface area (Å²) in [4.78, 5) is 0. The van der Waals surface area contributed by atoms with E-state index in [-0.39, 0.29) is 11.7 Å².